The topological polar surface area (TPSA) is 44.4 Å². The van der Waals surface area contributed by atoms with E-state index >= 15 is 0 Å². The Morgan fingerprint density at radius 2 is 1.50 bits per heavy atom. The second-order valence-electron chi connectivity index (χ2n) is 7.31. The van der Waals surface area contributed by atoms with E-state index < -0.39 is 0 Å². The molecule has 0 bridgehead atoms. The van der Waals surface area contributed by atoms with E-state index in [-0.39, 0.29) is 5.91 Å². The van der Waals surface area contributed by atoms with Gasteiger partial charge in [0.15, 0.2) is 5.11 Å². The number of nitrogens with zero attached hydrogens (tertiary/aromatic N) is 1. The second-order valence-corrected chi connectivity index (χ2v) is 7.72. The third-order valence-electron chi connectivity index (χ3n) is 5.06. The molecule has 1 fully saturated rings. The maximum atomic E-state index is 12.5. The average molecular weight is 396 g/mol. The van der Waals surface area contributed by atoms with Crippen molar-refractivity contribution in [2.75, 3.05) is 23.7 Å². The number of thiocarbonyl (C=S) groups is 1. The predicted octanol–water partition coefficient (Wildman–Crippen LogP) is 5.46. The van der Waals surface area contributed by atoms with Gasteiger partial charge in [-0.3, -0.25) is 4.79 Å². The van der Waals surface area contributed by atoms with Gasteiger partial charge in [-0.15, -0.1) is 0 Å². The predicted molar refractivity (Wildman–Crippen MR) is 121 cm³/mol. The lowest BCUT2D eigenvalue weighted by Gasteiger charge is -2.26. The second kappa shape index (κ2) is 10.2. The summed E-state index contributed by atoms with van der Waals surface area (Å²) in [5.41, 5.74) is 3.91. The molecule has 0 saturated carbocycles. The van der Waals surface area contributed by atoms with Gasteiger partial charge in [-0.25, -0.2) is 0 Å². The number of rotatable bonds is 6. The zero-order chi connectivity index (χ0) is 19.8. The molecule has 1 amide bonds. The molecule has 2 aromatic rings. The summed E-state index contributed by atoms with van der Waals surface area (Å²) >= 11 is 5.41. The number of aryl methyl sites for hydroxylation is 1. The molecule has 1 aliphatic heterocycles. The third kappa shape index (κ3) is 5.80. The highest BCUT2D eigenvalue weighted by Gasteiger charge is 2.17. The van der Waals surface area contributed by atoms with Crippen molar-refractivity contribution in [1.29, 1.82) is 0 Å². The number of anilines is 2. The zero-order valence-corrected chi connectivity index (χ0v) is 17.4. The van der Waals surface area contributed by atoms with Crippen molar-refractivity contribution >= 4 is 34.6 Å². The van der Waals surface area contributed by atoms with E-state index in [0.29, 0.717) is 5.11 Å². The number of likely N-dealkylation sites (tertiary alicyclic amines) is 1. The van der Waals surface area contributed by atoms with Crippen LogP contribution >= 0.6 is 12.2 Å². The van der Waals surface area contributed by atoms with Crippen LogP contribution in [0.1, 0.15) is 54.9 Å². The maximum absolute atomic E-state index is 12.5. The summed E-state index contributed by atoms with van der Waals surface area (Å²) in [6.45, 7) is 3.93. The summed E-state index contributed by atoms with van der Waals surface area (Å²) in [5, 5.41) is 6.93. The summed E-state index contributed by atoms with van der Waals surface area (Å²) in [4.78, 5) is 14.5. The lowest BCUT2D eigenvalue weighted by Crippen LogP contribution is -2.35. The van der Waals surface area contributed by atoms with Crippen LogP contribution < -0.4 is 10.6 Å². The monoisotopic (exact) mass is 395 g/mol. The Kier molecular flexibility index (Phi) is 7.43. The van der Waals surface area contributed by atoms with Crippen LogP contribution in [0.2, 0.25) is 0 Å². The summed E-state index contributed by atoms with van der Waals surface area (Å²) in [6, 6.07) is 15.9. The average Bonchev–Trinajstić information content (AvgIpc) is 2.74. The standard InChI is InChI=1S/C23H29N3OS/c1-2-3-7-18-8-12-20(13-9-18)24-23(28)25-21-14-10-19(11-15-21)22(27)26-16-5-4-6-17-26/h8-15H,2-7,16-17H2,1H3,(H2,24,25,28). The van der Waals surface area contributed by atoms with Gasteiger partial charge < -0.3 is 15.5 Å². The van der Waals surface area contributed by atoms with Crippen LogP contribution in [-0.4, -0.2) is 29.0 Å². The number of benzene rings is 2. The van der Waals surface area contributed by atoms with Gasteiger partial charge in [0.2, 0.25) is 0 Å². The quantitative estimate of drug-likeness (QED) is 0.637. The minimum Gasteiger partial charge on any atom is -0.339 e. The van der Waals surface area contributed by atoms with Gasteiger partial charge >= 0.3 is 0 Å². The molecule has 2 aromatic carbocycles. The fourth-order valence-corrected chi connectivity index (χ4v) is 3.64. The molecule has 28 heavy (non-hydrogen) atoms. The molecule has 4 nitrogen and oxygen atoms in total. The molecule has 0 aliphatic carbocycles. The summed E-state index contributed by atoms with van der Waals surface area (Å²) in [6.07, 6.45) is 6.95. The number of unbranched alkanes of at least 4 members (excludes halogenated alkanes) is 1. The van der Waals surface area contributed by atoms with Gasteiger partial charge in [0.1, 0.15) is 0 Å². The van der Waals surface area contributed by atoms with Gasteiger partial charge in [-0.05, 0) is 86.3 Å². The van der Waals surface area contributed by atoms with E-state index in [0.717, 1.165) is 49.3 Å². The van der Waals surface area contributed by atoms with E-state index in [1.165, 1.54) is 24.8 Å². The molecule has 148 valence electrons. The summed E-state index contributed by atoms with van der Waals surface area (Å²) in [7, 11) is 0. The lowest BCUT2D eigenvalue weighted by atomic mass is 10.1. The minimum atomic E-state index is 0.120. The Morgan fingerprint density at radius 1 is 0.929 bits per heavy atom. The SMILES string of the molecule is CCCCc1ccc(NC(=S)Nc2ccc(C(=O)N3CCCCC3)cc2)cc1. The molecule has 1 saturated heterocycles. The number of carbonyl (C=O) groups is 1. The van der Waals surface area contributed by atoms with E-state index in [2.05, 4.69) is 41.8 Å². The first kappa shape index (κ1) is 20.3. The molecule has 0 aromatic heterocycles. The number of hydrogen-bond acceptors (Lipinski definition) is 2. The highest BCUT2D eigenvalue weighted by atomic mass is 32.1. The van der Waals surface area contributed by atoms with E-state index in [9.17, 15) is 4.79 Å². The number of amides is 1. The molecule has 0 unspecified atom stereocenters. The Balaban J connectivity index is 1.52. The van der Waals surface area contributed by atoms with Crippen molar-refractivity contribution in [3.8, 4) is 0 Å². The van der Waals surface area contributed by atoms with E-state index in [1.54, 1.807) is 0 Å². The van der Waals surface area contributed by atoms with Crippen molar-refractivity contribution in [3.63, 3.8) is 0 Å². The van der Waals surface area contributed by atoms with Gasteiger partial charge in [0.05, 0.1) is 0 Å². The van der Waals surface area contributed by atoms with Gasteiger partial charge in [-0.1, -0.05) is 25.5 Å². The Hall–Kier alpha value is -2.40. The number of piperidine rings is 1. The van der Waals surface area contributed by atoms with Crippen molar-refractivity contribution in [2.45, 2.75) is 45.4 Å². The Labute approximate surface area is 173 Å². The highest BCUT2D eigenvalue weighted by molar-refractivity contribution is 7.80. The molecular weight excluding hydrogens is 366 g/mol. The minimum absolute atomic E-state index is 0.120. The molecule has 5 heteroatoms. The first-order chi connectivity index (χ1) is 13.7. The van der Waals surface area contributed by atoms with Crippen LogP contribution in [0.15, 0.2) is 48.5 Å². The Bertz CT molecular complexity index is 780. The van der Waals surface area contributed by atoms with Crippen molar-refractivity contribution < 1.29 is 4.79 Å². The van der Waals surface area contributed by atoms with Crippen molar-refractivity contribution in [3.05, 3.63) is 59.7 Å². The van der Waals surface area contributed by atoms with Crippen LogP contribution in [0.25, 0.3) is 0 Å². The molecule has 0 atom stereocenters. The molecular formula is C23H29N3OS. The smallest absolute Gasteiger partial charge is 0.253 e. The van der Waals surface area contributed by atoms with Crippen molar-refractivity contribution in [2.24, 2.45) is 0 Å². The zero-order valence-electron chi connectivity index (χ0n) is 16.5. The highest BCUT2D eigenvalue weighted by Crippen LogP contribution is 2.16. The van der Waals surface area contributed by atoms with Crippen LogP contribution in [0, 0.1) is 0 Å². The normalized spacial score (nSPS) is 13.8. The van der Waals surface area contributed by atoms with E-state index in [4.69, 9.17) is 12.2 Å². The van der Waals surface area contributed by atoms with Crippen LogP contribution in [0.4, 0.5) is 11.4 Å². The lowest BCUT2D eigenvalue weighted by molar-refractivity contribution is 0.0724. The molecule has 1 aliphatic rings. The first-order valence-electron chi connectivity index (χ1n) is 10.2. The van der Waals surface area contributed by atoms with Crippen LogP contribution in [0.5, 0.6) is 0 Å². The molecule has 3 rings (SSSR count). The number of carbonyl (C=O) groups excluding carboxylic acids is 1. The first-order valence-corrected chi connectivity index (χ1v) is 10.6. The van der Waals surface area contributed by atoms with Gasteiger partial charge in [-0.2, -0.15) is 0 Å². The van der Waals surface area contributed by atoms with Crippen LogP contribution in [0.3, 0.4) is 0 Å². The maximum Gasteiger partial charge on any atom is 0.253 e. The third-order valence-corrected chi connectivity index (χ3v) is 5.27. The van der Waals surface area contributed by atoms with Crippen LogP contribution in [-0.2, 0) is 6.42 Å². The molecule has 2 N–H and O–H groups in total. The van der Waals surface area contributed by atoms with E-state index in [1.807, 2.05) is 29.2 Å². The van der Waals surface area contributed by atoms with Crippen molar-refractivity contribution in [1.82, 2.24) is 4.90 Å². The molecule has 0 radical (unpaired) electrons. The van der Waals surface area contributed by atoms with Gasteiger partial charge in [0.25, 0.3) is 5.91 Å². The fourth-order valence-electron chi connectivity index (χ4n) is 3.40. The summed E-state index contributed by atoms with van der Waals surface area (Å²) in [5.74, 6) is 0.120. The van der Waals surface area contributed by atoms with Gasteiger partial charge in [0, 0.05) is 30.0 Å². The molecule has 0 spiro atoms. The number of nitrogens with one attached hydrogen (secondary N) is 2. The fraction of sp³-hybridized carbons (Fsp3) is 0.391. The Morgan fingerprint density at radius 3 is 2.07 bits per heavy atom. The summed E-state index contributed by atoms with van der Waals surface area (Å²) < 4.78 is 0. The number of hydrogen-bond donors (Lipinski definition) is 2. The molecule has 1 heterocycles. The largest absolute Gasteiger partial charge is 0.339 e.